The minimum atomic E-state index is 0. The maximum Gasteiger partial charge on any atom is 0.0786 e. The van der Waals surface area contributed by atoms with Gasteiger partial charge in [-0.05, 0) is 115 Å². The number of quaternary nitrogens is 4. The predicted octanol–water partition coefficient (Wildman–Crippen LogP) is 26.9. The summed E-state index contributed by atoms with van der Waals surface area (Å²) in [5.74, 6) is 0. The quantitative estimate of drug-likeness (QED) is 0.0280. The van der Waals surface area contributed by atoms with Crippen LogP contribution < -0.4 is 0 Å². The summed E-state index contributed by atoms with van der Waals surface area (Å²) < 4.78 is 5.68. The van der Waals surface area contributed by atoms with Crippen LogP contribution in [0.2, 0.25) is 30.1 Å². The summed E-state index contributed by atoms with van der Waals surface area (Å²) >= 11 is 53.5. The number of benzene rings is 2. The van der Waals surface area contributed by atoms with E-state index in [9.17, 15) is 0 Å². The van der Waals surface area contributed by atoms with Crippen molar-refractivity contribution in [2.45, 2.75) is 336 Å². The second-order valence-corrected chi connectivity index (χ2v) is 30.2. The average molecular weight is 1520 g/mol. The molecule has 0 bridgehead atoms. The Balaban J connectivity index is -0.000000327. The maximum absolute atomic E-state index is 5.69. The standard InChI is InChI=1S/4C16H36N.2C6H3Cl3S2.Ni/c4*1-5-9-13-17(14-10-6-2,15-11-7-3)16-12-8-4;2*7-2-1-3(8)5(10)6(11)4(2)9;/h4*5-16H2,1-4H3;2*1,10-11H;/q4*+1;;;/p-4. The first-order chi connectivity index (χ1) is 43.0. The summed E-state index contributed by atoms with van der Waals surface area (Å²) in [6, 6.07) is 2.98. The van der Waals surface area contributed by atoms with Gasteiger partial charge in [-0.3, -0.25) is 0 Å². The zero-order valence-corrected chi connectivity index (χ0v) is 70.9. The molecular formula is C76H146Cl6N4NiS4. The van der Waals surface area contributed by atoms with Crippen molar-refractivity contribution in [2.75, 3.05) is 105 Å². The molecule has 0 radical (unpaired) electrons. The van der Waals surface area contributed by atoms with Crippen LogP contribution in [0, 0.1) is 0 Å². The van der Waals surface area contributed by atoms with Crippen molar-refractivity contribution in [1.82, 2.24) is 0 Å². The van der Waals surface area contributed by atoms with Crippen molar-refractivity contribution < 1.29 is 34.4 Å². The van der Waals surface area contributed by atoms with Gasteiger partial charge in [0.2, 0.25) is 0 Å². The number of hydrogen-bond acceptors (Lipinski definition) is 4. The Morgan fingerprint density at radius 2 is 0.319 bits per heavy atom. The van der Waals surface area contributed by atoms with Gasteiger partial charge in [-0.25, -0.2) is 0 Å². The molecule has 2 rings (SSSR count). The average Bonchev–Trinajstić information content (AvgIpc) is 1.48. The Morgan fingerprint density at radius 1 is 0.209 bits per heavy atom. The number of halogens is 6. The largest absolute Gasteiger partial charge is 0.780 e. The predicted molar refractivity (Wildman–Crippen MR) is 423 cm³/mol. The first-order valence-electron chi connectivity index (χ1n) is 37.5. The van der Waals surface area contributed by atoms with Gasteiger partial charge in [0.15, 0.2) is 0 Å². The Labute approximate surface area is 631 Å². The number of rotatable bonds is 48. The first kappa shape index (κ1) is 101. The third-order valence-electron chi connectivity index (χ3n) is 17.9. The summed E-state index contributed by atoms with van der Waals surface area (Å²) in [4.78, 5) is 1.46. The van der Waals surface area contributed by atoms with Crippen LogP contribution in [0.1, 0.15) is 316 Å². The molecule has 0 aliphatic heterocycles. The molecule has 2 aromatic carbocycles. The molecule has 546 valence electrons. The fourth-order valence-electron chi connectivity index (χ4n) is 11.7. The van der Waals surface area contributed by atoms with Gasteiger partial charge in [0.25, 0.3) is 0 Å². The SMILES string of the molecule is CCCC[N+](CCCC)(CCCC)CCCC.CCCC[N+](CCCC)(CCCC)CCCC.CCCC[N+](CCCC)(CCCC)CCCC.CCCC[N+](CCCC)(CCCC)CCCC.[Ni].[S-]c1c(Cl)cc(Cl)c(Cl)c1[S-].[S-]c1c(Cl)cc(Cl)c(Cl)c1[S-]. The van der Waals surface area contributed by atoms with Gasteiger partial charge >= 0.3 is 0 Å². The molecule has 2 aromatic rings. The van der Waals surface area contributed by atoms with E-state index in [1.807, 2.05) is 0 Å². The number of unbranched alkanes of at least 4 members (excludes halogenated alkanes) is 16. The van der Waals surface area contributed by atoms with Crippen molar-refractivity contribution >= 4 is 120 Å². The van der Waals surface area contributed by atoms with Crippen LogP contribution in [0.15, 0.2) is 31.7 Å². The number of hydrogen-bond donors (Lipinski definition) is 0. The normalized spacial score (nSPS) is 11.4. The molecule has 0 amide bonds. The smallest absolute Gasteiger partial charge is 0.0786 e. The van der Waals surface area contributed by atoms with Crippen molar-refractivity contribution in [3.63, 3.8) is 0 Å². The Morgan fingerprint density at radius 3 is 0.418 bits per heavy atom. The Kier molecular flexibility index (Phi) is 74.7. The molecule has 0 aliphatic carbocycles. The third-order valence-corrected chi connectivity index (χ3v) is 22.5. The molecule has 0 fully saturated rings. The maximum atomic E-state index is 5.69. The van der Waals surface area contributed by atoms with Crippen molar-refractivity contribution in [3.05, 3.63) is 42.3 Å². The first-order valence-corrected chi connectivity index (χ1v) is 41.4. The van der Waals surface area contributed by atoms with E-state index in [4.69, 9.17) is 120 Å². The van der Waals surface area contributed by atoms with Crippen LogP contribution in [0.3, 0.4) is 0 Å². The topological polar surface area (TPSA) is 0 Å². The summed E-state index contributed by atoms with van der Waals surface area (Å²) in [6.07, 6.45) is 44.2. The van der Waals surface area contributed by atoms with E-state index in [0.717, 1.165) is 0 Å². The van der Waals surface area contributed by atoms with Gasteiger partial charge in [0.05, 0.1) is 115 Å². The van der Waals surface area contributed by atoms with Crippen LogP contribution in [-0.2, 0) is 67.0 Å². The second-order valence-electron chi connectivity index (χ2n) is 26.2. The fourth-order valence-corrected chi connectivity index (χ4v) is 14.0. The molecule has 0 saturated carbocycles. The van der Waals surface area contributed by atoms with Gasteiger partial charge in [-0.15, -0.1) is 0 Å². The second kappa shape index (κ2) is 67.2. The molecule has 0 heterocycles. The summed E-state index contributed by atoms with van der Waals surface area (Å²) in [7, 11) is 0. The molecule has 0 aliphatic rings. The molecule has 0 aromatic heterocycles. The molecule has 0 N–H and O–H groups in total. The molecular weight excluding hydrogens is 1370 g/mol. The molecule has 15 heteroatoms. The van der Waals surface area contributed by atoms with Crippen molar-refractivity contribution in [2.24, 2.45) is 0 Å². The van der Waals surface area contributed by atoms with Gasteiger partial charge in [0.1, 0.15) is 0 Å². The van der Waals surface area contributed by atoms with Crippen LogP contribution >= 0.6 is 69.6 Å². The zero-order chi connectivity index (χ0) is 69.1. The van der Waals surface area contributed by atoms with Crippen molar-refractivity contribution in [1.29, 1.82) is 0 Å². The van der Waals surface area contributed by atoms with E-state index >= 15 is 0 Å². The molecule has 91 heavy (non-hydrogen) atoms. The monoisotopic (exact) mass is 1510 g/mol. The van der Waals surface area contributed by atoms with Gasteiger partial charge in [0, 0.05) is 36.6 Å². The molecule has 0 unspecified atom stereocenters. The number of nitrogens with zero attached hydrogens (tertiary/aromatic N) is 4. The molecule has 0 saturated heterocycles. The Bertz CT molecular complexity index is 1510. The molecule has 4 nitrogen and oxygen atoms in total. The van der Waals surface area contributed by atoms with Crippen LogP contribution in [-0.4, -0.2) is 123 Å². The van der Waals surface area contributed by atoms with Gasteiger partial charge in [-0.1, -0.05) is 283 Å². The Hall–Kier alpha value is 1.39. The third kappa shape index (κ3) is 49.6. The van der Waals surface area contributed by atoms with Crippen LogP contribution in [0.4, 0.5) is 0 Å². The van der Waals surface area contributed by atoms with Gasteiger partial charge in [-0.2, -0.15) is 19.6 Å². The molecule has 0 atom stereocenters. The van der Waals surface area contributed by atoms with E-state index in [-0.39, 0.29) is 16.5 Å². The minimum absolute atomic E-state index is 0. The summed E-state index contributed by atoms with van der Waals surface area (Å²) in [5.41, 5.74) is 0. The fraction of sp³-hybridized carbons (Fsp3) is 0.842. The summed E-state index contributed by atoms with van der Waals surface area (Å²) in [6.45, 7) is 60.1. The van der Waals surface area contributed by atoms with Crippen LogP contribution in [0.5, 0.6) is 0 Å². The summed E-state index contributed by atoms with van der Waals surface area (Å²) in [5, 5.41) is 2.04. The molecule has 0 spiro atoms. The minimum Gasteiger partial charge on any atom is -0.780 e. The van der Waals surface area contributed by atoms with Gasteiger partial charge < -0.3 is 68.4 Å². The van der Waals surface area contributed by atoms with Crippen molar-refractivity contribution in [3.8, 4) is 0 Å². The van der Waals surface area contributed by atoms with E-state index in [2.05, 4.69) is 111 Å². The van der Waals surface area contributed by atoms with E-state index in [1.54, 1.807) is 0 Å². The zero-order valence-electron chi connectivity index (χ0n) is 62.1. The van der Waals surface area contributed by atoms with Crippen LogP contribution in [0.25, 0.3) is 0 Å². The van der Waals surface area contributed by atoms with E-state index in [1.165, 1.54) is 340 Å². The van der Waals surface area contributed by atoms with E-state index < -0.39 is 0 Å². The van der Waals surface area contributed by atoms with E-state index in [0.29, 0.717) is 49.7 Å².